The molecule has 8 heteroatoms. The molecule has 28 heavy (non-hydrogen) atoms. The smallest absolute Gasteiger partial charge is 0.191 e. The number of benzene rings is 2. The summed E-state index contributed by atoms with van der Waals surface area (Å²) in [4.78, 5) is 6.21. The van der Waals surface area contributed by atoms with Crippen molar-refractivity contribution < 1.29 is 12.8 Å². The monoisotopic (exact) mass is 406 g/mol. The van der Waals surface area contributed by atoms with Gasteiger partial charge in [0.05, 0.1) is 10.6 Å². The summed E-state index contributed by atoms with van der Waals surface area (Å²) in [5.74, 6) is 0.356. The molecule has 0 aliphatic rings. The summed E-state index contributed by atoms with van der Waals surface area (Å²) in [6.07, 6.45) is 1.91. The average Bonchev–Trinajstić information content (AvgIpc) is 2.64. The van der Waals surface area contributed by atoms with Crippen molar-refractivity contribution in [3.05, 3.63) is 59.4 Å². The first-order chi connectivity index (χ1) is 13.2. The third-order valence-corrected chi connectivity index (χ3v) is 5.36. The largest absolute Gasteiger partial charge is 0.375 e. The van der Waals surface area contributed by atoms with E-state index in [2.05, 4.69) is 15.6 Å². The molecule has 0 aromatic heterocycles. The van der Waals surface area contributed by atoms with Gasteiger partial charge >= 0.3 is 0 Å². The summed E-state index contributed by atoms with van der Waals surface area (Å²) in [6.45, 7) is 1.08. The van der Waals surface area contributed by atoms with Crippen molar-refractivity contribution >= 4 is 21.5 Å². The van der Waals surface area contributed by atoms with Gasteiger partial charge in [-0.1, -0.05) is 18.2 Å². The third-order valence-electron chi connectivity index (χ3n) is 4.24. The van der Waals surface area contributed by atoms with E-state index in [0.29, 0.717) is 29.6 Å². The maximum Gasteiger partial charge on any atom is 0.191 e. The zero-order chi connectivity index (χ0) is 20.7. The lowest BCUT2D eigenvalue weighted by atomic mass is 10.1. The maximum absolute atomic E-state index is 14.0. The number of guanidine groups is 1. The predicted octanol–water partition coefficient (Wildman–Crippen LogP) is 2.20. The Kier molecular flexibility index (Phi) is 7.39. The molecule has 0 saturated carbocycles. The quantitative estimate of drug-likeness (QED) is 0.545. The van der Waals surface area contributed by atoms with Crippen molar-refractivity contribution in [3.8, 4) is 0 Å². The Bertz CT molecular complexity index is 926. The molecule has 2 aromatic carbocycles. The van der Waals surface area contributed by atoms with E-state index in [0.717, 1.165) is 17.5 Å². The molecular weight excluding hydrogens is 379 g/mol. The lowest BCUT2D eigenvalue weighted by Gasteiger charge is -2.15. The number of hydrogen-bond acceptors (Lipinski definition) is 4. The van der Waals surface area contributed by atoms with Gasteiger partial charge in [0, 0.05) is 40.5 Å². The third kappa shape index (κ3) is 6.23. The standard InChI is InChI=1S/C20H27FN4O2S/c1-22-20(24-14-16-7-10-19(25(2)3)18(21)13-16)23-12-11-15-5-8-17(9-6-15)28(4,26)27/h5-10,13H,11-12,14H2,1-4H3,(H2,22,23,24). The highest BCUT2D eigenvalue weighted by Gasteiger charge is 2.07. The van der Waals surface area contributed by atoms with Crippen LogP contribution in [-0.2, 0) is 22.8 Å². The van der Waals surface area contributed by atoms with Crippen molar-refractivity contribution in [2.75, 3.05) is 38.8 Å². The number of hydrogen-bond donors (Lipinski definition) is 2. The van der Waals surface area contributed by atoms with Crippen LogP contribution in [0.3, 0.4) is 0 Å². The van der Waals surface area contributed by atoms with Gasteiger partial charge in [-0.15, -0.1) is 0 Å². The van der Waals surface area contributed by atoms with E-state index in [1.165, 1.54) is 12.3 Å². The SMILES string of the molecule is CN=C(NCCc1ccc(S(C)(=O)=O)cc1)NCc1ccc(N(C)C)c(F)c1. The van der Waals surface area contributed by atoms with E-state index in [-0.39, 0.29) is 5.82 Å². The highest BCUT2D eigenvalue weighted by molar-refractivity contribution is 7.90. The van der Waals surface area contributed by atoms with Crippen LogP contribution in [-0.4, -0.2) is 48.3 Å². The number of nitrogens with zero attached hydrogens (tertiary/aromatic N) is 2. The number of rotatable bonds is 7. The van der Waals surface area contributed by atoms with Gasteiger partial charge in [-0.3, -0.25) is 4.99 Å². The second-order valence-corrected chi connectivity index (χ2v) is 8.71. The van der Waals surface area contributed by atoms with E-state index in [9.17, 15) is 12.8 Å². The molecule has 0 aliphatic carbocycles. The van der Waals surface area contributed by atoms with Crippen molar-refractivity contribution in [2.45, 2.75) is 17.9 Å². The summed E-state index contributed by atoms with van der Waals surface area (Å²) in [5.41, 5.74) is 2.40. The minimum Gasteiger partial charge on any atom is -0.375 e. The first-order valence-electron chi connectivity index (χ1n) is 8.90. The number of aliphatic imine (C=N–C) groups is 1. The minimum atomic E-state index is -3.18. The Morgan fingerprint density at radius 2 is 1.71 bits per heavy atom. The van der Waals surface area contributed by atoms with Gasteiger partial charge in [0.2, 0.25) is 0 Å². The van der Waals surface area contributed by atoms with Crippen LogP contribution in [0.15, 0.2) is 52.4 Å². The van der Waals surface area contributed by atoms with Gasteiger partial charge < -0.3 is 15.5 Å². The van der Waals surface area contributed by atoms with Gasteiger partial charge in [-0.05, 0) is 41.8 Å². The lowest BCUT2D eigenvalue weighted by molar-refractivity contribution is 0.602. The molecule has 2 N–H and O–H groups in total. The van der Waals surface area contributed by atoms with Crippen molar-refractivity contribution in [1.82, 2.24) is 10.6 Å². The van der Waals surface area contributed by atoms with Crippen molar-refractivity contribution in [3.63, 3.8) is 0 Å². The van der Waals surface area contributed by atoms with Crippen LogP contribution in [0.2, 0.25) is 0 Å². The summed E-state index contributed by atoms with van der Waals surface area (Å²) in [6, 6.07) is 12.0. The van der Waals surface area contributed by atoms with Crippen molar-refractivity contribution in [2.24, 2.45) is 4.99 Å². The lowest BCUT2D eigenvalue weighted by Crippen LogP contribution is -2.37. The van der Waals surface area contributed by atoms with Gasteiger partial charge in [0.15, 0.2) is 15.8 Å². The number of sulfone groups is 1. The first-order valence-corrected chi connectivity index (χ1v) is 10.8. The van der Waals surface area contributed by atoms with Crippen LogP contribution in [0.4, 0.5) is 10.1 Å². The van der Waals surface area contributed by atoms with Crippen LogP contribution in [0.1, 0.15) is 11.1 Å². The molecular formula is C20H27FN4O2S. The Hall–Kier alpha value is -2.61. The number of nitrogens with one attached hydrogen (secondary N) is 2. The molecule has 0 spiro atoms. The summed E-state index contributed by atoms with van der Waals surface area (Å²) in [7, 11) is 2.10. The summed E-state index contributed by atoms with van der Waals surface area (Å²) >= 11 is 0. The van der Waals surface area contributed by atoms with E-state index in [1.54, 1.807) is 44.2 Å². The molecule has 0 aliphatic heterocycles. The molecule has 0 saturated heterocycles. The highest BCUT2D eigenvalue weighted by atomic mass is 32.2. The van der Waals surface area contributed by atoms with Gasteiger partial charge in [0.25, 0.3) is 0 Å². The second-order valence-electron chi connectivity index (χ2n) is 6.70. The average molecular weight is 407 g/mol. The molecule has 0 bridgehead atoms. The molecule has 0 fully saturated rings. The molecule has 0 amide bonds. The molecule has 152 valence electrons. The fourth-order valence-electron chi connectivity index (χ4n) is 2.66. The maximum atomic E-state index is 14.0. The molecule has 0 radical (unpaired) electrons. The van der Waals surface area contributed by atoms with Crippen LogP contribution in [0.5, 0.6) is 0 Å². The predicted molar refractivity (Wildman–Crippen MR) is 112 cm³/mol. The Labute approximate surface area is 166 Å². The van der Waals surface area contributed by atoms with Gasteiger partial charge in [-0.25, -0.2) is 12.8 Å². The van der Waals surface area contributed by atoms with Crippen LogP contribution in [0, 0.1) is 5.82 Å². The normalized spacial score (nSPS) is 12.0. The van der Waals surface area contributed by atoms with Crippen LogP contribution >= 0.6 is 0 Å². The molecule has 0 atom stereocenters. The van der Waals surface area contributed by atoms with Crippen LogP contribution < -0.4 is 15.5 Å². The van der Waals surface area contributed by atoms with Crippen LogP contribution in [0.25, 0.3) is 0 Å². The summed E-state index contributed by atoms with van der Waals surface area (Å²) in [5, 5.41) is 6.35. The second kappa shape index (κ2) is 9.54. The highest BCUT2D eigenvalue weighted by Crippen LogP contribution is 2.18. The van der Waals surface area contributed by atoms with Crippen molar-refractivity contribution in [1.29, 1.82) is 0 Å². The first kappa shape index (κ1) is 21.7. The Morgan fingerprint density at radius 3 is 2.25 bits per heavy atom. The number of anilines is 1. The fraction of sp³-hybridized carbons (Fsp3) is 0.350. The zero-order valence-corrected chi connectivity index (χ0v) is 17.5. The minimum absolute atomic E-state index is 0.259. The molecule has 6 nitrogen and oxygen atoms in total. The molecule has 0 heterocycles. The van der Waals surface area contributed by atoms with Gasteiger partial charge in [-0.2, -0.15) is 0 Å². The molecule has 0 unspecified atom stereocenters. The van der Waals surface area contributed by atoms with E-state index >= 15 is 0 Å². The summed E-state index contributed by atoms with van der Waals surface area (Å²) < 4.78 is 37.0. The Balaban J connectivity index is 1.84. The number of halogens is 1. The van der Waals surface area contributed by atoms with E-state index in [1.807, 2.05) is 18.2 Å². The Morgan fingerprint density at radius 1 is 1.07 bits per heavy atom. The topological polar surface area (TPSA) is 73.8 Å². The van der Waals surface area contributed by atoms with E-state index < -0.39 is 9.84 Å². The molecule has 2 aromatic rings. The van der Waals surface area contributed by atoms with Gasteiger partial charge in [0.1, 0.15) is 5.82 Å². The molecule has 2 rings (SSSR count). The fourth-order valence-corrected chi connectivity index (χ4v) is 3.29. The van der Waals surface area contributed by atoms with E-state index in [4.69, 9.17) is 0 Å². The zero-order valence-electron chi connectivity index (χ0n) is 16.7.